The molecule has 1 rings (SSSR count). The lowest BCUT2D eigenvalue weighted by Gasteiger charge is -2.24. The summed E-state index contributed by atoms with van der Waals surface area (Å²) in [7, 11) is 0. The SMILES string of the molecule is CCCCCCCCCCCCCCCC(=O)N[C@@H](CC(C)C)C(=O)N[C@@H](C)C(=O)N[C@@H](Cc1ccc(O)cc1)C(N)=O. The average Bonchev–Trinajstić information content (AvgIpc) is 2.95. The van der Waals surface area contributed by atoms with Gasteiger partial charge in [-0.1, -0.05) is 110 Å². The molecule has 0 radical (unpaired) electrons. The van der Waals surface area contributed by atoms with E-state index in [4.69, 9.17) is 5.73 Å². The molecule has 0 spiro atoms. The van der Waals surface area contributed by atoms with Crippen LogP contribution in [0.4, 0.5) is 0 Å². The first-order chi connectivity index (χ1) is 20.5. The van der Waals surface area contributed by atoms with Gasteiger partial charge in [-0.2, -0.15) is 0 Å². The minimum absolute atomic E-state index is 0.0899. The Morgan fingerprint density at radius 2 is 1.21 bits per heavy atom. The number of benzene rings is 1. The van der Waals surface area contributed by atoms with Crippen LogP contribution in [-0.2, 0) is 25.6 Å². The van der Waals surface area contributed by atoms with E-state index < -0.39 is 35.8 Å². The van der Waals surface area contributed by atoms with Crippen LogP contribution in [0.3, 0.4) is 0 Å². The van der Waals surface area contributed by atoms with Crippen molar-refractivity contribution >= 4 is 23.6 Å². The number of hydrogen-bond donors (Lipinski definition) is 5. The van der Waals surface area contributed by atoms with Gasteiger partial charge in [0.15, 0.2) is 0 Å². The van der Waals surface area contributed by atoms with E-state index in [1.807, 2.05) is 13.8 Å². The Hall–Kier alpha value is -3.10. The highest BCUT2D eigenvalue weighted by atomic mass is 16.3. The fraction of sp³-hybridized carbons (Fsp3) is 0.706. The summed E-state index contributed by atoms with van der Waals surface area (Å²) in [6.07, 6.45) is 17.0. The van der Waals surface area contributed by atoms with Gasteiger partial charge in [0.25, 0.3) is 0 Å². The molecule has 0 unspecified atom stereocenters. The molecule has 6 N–H and O–H groups in total. The molecule has 0 aliphatic rings. The molecule has 1 aromatic carbocycles. The monoisotopic (exact) mass is 602 g/mol. The lowest BCUT2D eigenvalue weighted by atomic mass is 10.0. The van der Waals surface area contributed by atoms with Gasteiger partial charge in [0.05, 0.1) is 0 Å². The van der Waals surface area contributed by atoms with Gasteiger partial charge in [0.1, 0.15) is 23.9 Å². The highest BCUT2D eigenvalue weighted by Gasteiger charge is 2.27. The van der Waals surface area contributed by atoms with E-state index in [9.17, 15) is 24.3 Å². The van der Waals surface area contributed by atoms with Gasteiger partial charge in [0, 0.05) is 12.8 Å². The maximum absolute atomic E-state index is 13.0. The van der Waals surface area contributed by atoms with Crippen molar-refractivity contribution in [2.45, 2.75) is 149 Å². The Morgan fingerprint density at radius 1 is 0.698 bits per heavy atom. The first kappa shape index (κ1) is 37.9. The van der Waals surface area contributed by atoms with E-state index >= 15 is 0 Å². The van der Waals surface area contributed by atoms with Crippen molar-refractivity contribution in [3.8, 4) is 5.75 Å². The summed E-state index contributed by atoms with van der Waals surface area (Å²) in [5, 5.41) is 17.6. The first-order valence-electron chi connectivity index (χ1n) is 16.5. The molecule has 3 atom stereocenters. The van der Waals surface area contributed by atoms with Gasteiger partial charge in [0.2, 0.25) is 23.6 Å². The topological polar surface area (TPSA) is 151 Å². The number of hydrogen-bond acceptors (Lipinski definition) is 5. The van der Waals surface area contributed by atoms with Crippen molar-refractivity contribution in [2.75, 3.05) is 0 Å². The maximum Gasteiger partial charge on any atom is 0.243 e. The van der Waals surface area contributed by atoms with Gasteiger partial charge in [-0.15, -0.1) is 0 Å². The van der Waals surface area contributed by atoms with Gasteiger partial charge < -0.3 is 26.8 Å². The van der Waals surface area contributed by atoms with E-state index in [0.29, 0.717) is 18.4 Å². The summed E-state index contributed by atoms with van der Waals surface area (Å²) in [5.41, 5.74) is 6.20. The number of phenols is 1. The van der Waals surface area contributed by atoms with Crippen LogP contribution in [0.15, 0.2) is 24.3 Å². The molecular formula is C34H58N4O5. The summed E-state index contributed by atoms with van der Waals surface area (Å²) in [6.45, 7) is 7.70. The third-order valence-electron chi connectivity index (χ3n) is 7.65. The molecule has 9 heteroatoms. The number of phenolic OH excluding ortho intramolecular Hbond substituents is 1. The van der Waals surface area contributed by atoms with Crippen LogP contribution in [0.2, 0.25) is 0 Å². The van der Waals surface area contributed by atoms with Crippen molar-refractivity contribution in [1.29, 1.82) is 0 Å². The highest BCUT2D eigenvalue weighted by Crippen LogP contribution is 2.14. The Labute approximate surface area is 259 Å². The third-order valence-corrected chi connectivity index (χ3v) is 7.65. The fourth-order valence-electron chi connectivity index (χ4n) is 5.04. The average molecular weight is 603 g/mol. The molecule has 0 heterocycles. The molecule has 244 valence electrons. The van der Waals surface area contributed by atoms with Gasteiger partial charge in [-0.05, 0) is 43.4 Å². The molecule has 0 saturated heterocycles. The first-order valence-corrected chi connectivity index (χ1v) is 16.5. The Balaban J connectivity index is 2.40. The van der Waals surface area contributed by atoms with E-state index in [1.54, 1.807) is 12.1 Å². The van der Waals surface area contributed by atoms with Crippen LogP contribution in [0.1, 0.15) is 130 Å². The lowest BCUT2D eigenvalue weighted by molar-refractivity contribution is -0.133. The number of aromatic hydroxyl groups is 1. The van der Waals surface area contributed by atoms with Crippen LogP contribution < -0.4 is 21.7 Å². The number of rotatable bonds is 24. The smallest absolute Gasteiger partial charge is 0.243 e. The molecule has 4 amide bonds. The van der Waals surface area contributed by atoms with E-state index in [-0.39, 0.29) is 24.0 Å². The Kier molecular flexibility index (Phi) is 19.8. The predicted molar refractivity (Wildman–Crippen MR) is 172 cm³/mol. The number of nitrogens with two attached hydrogens (primary N) is 1. The molecule has 0 saturated carbocycles. The molecule has 9 nitrogen and oxygen atoms in total. The lowest BCUT2D eigenvalue weighted by Crippen LogP contribution is -2.56. The quantitative estimate of drug-likeness (QED) is 0.100. The summed E-state index contributed by atoms with van der Waals surface area (Å²) in [5.74, 6) is -1.63. The van der Waals surface area contributed by atoms with Crippen LogP contribution in [-0.4, -0.2) is 46.9 Å². The Morgan fingerprint density at radius 3 is 1.70 bits per heavy atom. The normalized spacial score (nSPS) is 13.2. The largest absolute Gasteiger partial charge is 0.508 e. The number of unbranched alkanes of at least 4 members (excludes halogenated alkanes) is 12. The number of primary amides is 1. The second-order valence-corrected chi connectivity index (χ2v) is 12.3. The summed E-state index contributed by atoms with van der Waals surface area (Å²) >= 11 is 0. The minimum Gasteiger partial charge on any atom is -0.508 e. The summed E-state index contributed by atoms with van der Waals surface area (Å²) in [6, 6.07) is 3.57. The molecule has 0 fully saturated rings. The minimum atomic E-state index is -0.983. The van der Waals surface area contributed by atoms with Crippen LogP contribution in [0.25, 0.3) is 0 Å². The summed E-state index contributed by atoms with van der Waals surface area (Å²) < 4.78 is 0. The second-order valence-electron chi connectivity index (χ2n) is 12.3. The van der Waals surface area contributed by atoms with Crippen LogP contribution in [0, 0.1) is 5.92 Å². The van der Waals surface area contributed by atoms with Gasteiger partial charge >= 0.3 is 0 Å². The number of carbonyl (C=O) groups is 4. The second kappa shape index (κ2) is 22.4. The number of carbonyl (C=O) groups excluding carboxylic acids is 4. The molecule has 0 aliphatic carbocycles. The van der Waals surface area contributed by atoms with Crippen molar-refractivity contribution in [3.05, 3.63) is 29.8 Å². The van der Waals surface area contributed by atoms with Crippen molar-refractivity contribution in [2.24, 2.45) is 11.7 Å². The van der Waals surface area contributed by atoms with Crippen LogP contribution in [0.5, 0.6) is 5.75 Å². The molecule has 0 aliphatic heterocycles. The molecule has 0 bridgehead atoms. The molecule has 0 aromatic heterocycles. The highest BCUT2D eigenvalue weighted by molar-refractivity contribution is 5.93. The van der Waals surface area contributed by atoms with Gasteiger partial charge in [-0.3, -0.25) is 19.2 Å². The van der Waals surface area contributed by atoms with Crippen molar-refractivity contribution in [3.63, 3.8) is 0 Å². The Bertz CT molecular complexity index is 951. The van der Waals surface area contributed by atoms with E-state index in [1.165, 1.54) is 83.3 Å². The van der Waals surface area contributed by atoms with Crippen molar-refractivity contribution < 1.29 is 24.3 Å². The number of amides is 4. The summed E-state index contributed by atoms with van der Waals surface area (Å²) in [4.78, 5) is 50.4. The maximum atomic E-state index is 13.0. The van der Waals surface area contributed by atoms with E-state index in [0.717, 1.165) is 19.3 Å². The third kappa shape index (κ3) is 18.2. The predicted octanol–water partition coefficient (Wildman–Crippen LogP) is 5.42. The standard InChI is InChI=1S/C34H58N4O5/c1-5-6-7-8-9-10-11-12-13-14-15-16-17-18-31(40)37-30(23-25(2)3)34(43)36-26(4)33(42)38-29(32(35)41)24-27-19-21-28(39)22-20-27/h19-22,25-26,29-30,39H,5-18,23-24H2,1-4H3,(H2,35,41)(H,36,43)(H,37,40)(H,38,42)/t26-,29-,30-/m0/s1. The van der Waals surface area contributed by atoms with Gasteiger partial charge in [-0.25, -0.2) is 0 Å². The fourth-order valence-corrected chi connectivity index (χ4v) is 5.04. The zero-order valence-corrected chi connectivity index (χ0v) is 27.1. The van der Waals surface area contributed by atoms with E-state index in [2.05, 4.69) is 22.9 Å². The molecule has 1 aromatic rings. The zero-order valence-electron chi connectivity index (χ0n) is 27.1. The molecule has 43 heavy (non-hydrogen) atoms. The van der Waals surface area contributed by atoms with Crippen molar-refractivity contribution in [1.82, 2.24) is 16.0 Å². The molecular weight excluding hydrogens is 544 g/mol. The van der Waals surface area contributed by atoms with Crippen LogP contribution >= 0.6 is 0 Å². The zero-order chi connectivity index (χ0) is 32.0. The number of nitrogens with one attached hydrogen (secondary N) is 3.